The number of amides is 1. The summed E-state index contributed by atoms with van der Waals surface area (Å²) in [5, 5.41) is 3.18. The molecular formula is C20H32N4O. The zero-order chi connectivity index (χ0) is 17.9. The number of carbonyl (C=O) groups is 1. The zero-order valence-corrected chi connectivity index (χ0v) is 15.9. The minimum atomic E-state index is 0.0329. The third-order valence-corrected chi connectivity index (χ3v) is 6.06. The maximum Gasteiger partial charge on any atom is 0.237 e. The van der Waals surface area contributed by atoms with Crippen molar-refractivity contribution >= 4 is 5.91 Å². The van der Waals surface area contributed by atoms with E-state index in [1.54, 1.807) is 6.20 Å². The molecule has 1 atom stereocenters. The van der Waals surface area contributed by atoms with E-state index in [1.165, 1.54) is 12.8 Å². The predicted molar refractivity (Wildman–Crippen MR) is 100 cm³/mol. The summed E-state index contributed by atoms with van der Waals surface area (Å²) in [6.45, 7) is 9.26. The third-order valence-electron chi connectivity index (χ3n) is 6.06. The zero-order valence-electron chi connectivity index (χ0n) is 15.9. The van der Waals surface area contributed by atoms with Crippen molar-refractivity contribution in [2.45, 2.75) is 52.1 Å². The molecule has 25 heavy (non-hydrogen) atoms. The largest absolute Gasteiger partial charge is 0.351 e. The quantitative estimate of drug-likeness (QED) is 0.890. The Morgan fingerprint density at radius 3 is 2.84 bits per heavy atom. The number of nitrogens with one attached hydrogen (secondary N) is 1. The number of rotatable bonds is 5. The predicted octanol–water partition coefficient (Wildman–Crippen LogP) is 2.20. The van der Waals surface area contributed by atoms with E-state index < -0.39 is 0 Å². The highest BCUT2D eigenvalue weighted by Gasteiger charge is 2.47. The van der Waals surface area contributed by atoms with Gasteiger partial charge in [0, 0.05) is 25.5 Å². The first kappa shape index (κ1) is 18.3. The van der Waals surface area contributed by atoms with Crippen molar-refractivity contribution in [3.05, 3.63) is 29.6 Å². The molecule has 1 aromatic rings. The number of piperidine rings is 1. The van der Waals surface area contributed by atoms with Gasteiger partial charge < -0.3 is 10.2 Å². The van der Waals surface area contributed by atoms with Crippen LogP contribution >= 0.6 is 0 Å². The van der Waals surface area contributed by atoms with Crippen molar-refractivity contribution in [2.24, 2.45) is 5.41 Å². The highest BCUT2D eigenvalue weighted by molar-refractivity contribution is 5.82. The Labute approximate surface area is 151 Å². The molecule has 1 aromatic heterocycles. The molecule has 2 aliphatic heterocycles. The Morgan fingerprint density at radius 2 is 2.16 bits per heavy atom. The minimum Gasteiger partial charge on any atom is -0.351 e. The van der Waals surface area contributed by atoms with Crippen molar-refractivity contribution in [3.8, 4) is 0 Å². The number of pyridine rings is 1. The minimum absolute atomic E-state index is 0.0329. The summed E-state index contributed by atoms with van der Waals surface area (Å²) in [6.07, 6.45) is 8.20. The van der Waals surface area contributed by atoms with Gasteiger partial charge in [0.05, 0.1) is 6.04 Å². The lowest BCUT2D eigenvalue weighted by Gasteiger charge is -2.37. The summed E-state index contributed by atoms with van der Waals surface area (Å²) in [5.74, 6) is 0.195. The molecule has 0 bridgehead atoms. The van der Waals surface area contributed by atoms with Gasteiger partial charge >= 0.3 is 0 Å². The normalized spacial score (nSPS) is 23.9. The Bertz CT molecular complexity index is 595. The Kier molecular flexibility index (Phi) is 5.74. The van der Waals surface area contributed by atoms with Gasteiger partial charge in [0.2, 0.25) is 5.91 Å². The molecule has 2 fully saturated rings. The number of hydrogen-bond donors (Lipinski definition) is 1. The lowest BCUT2D eigenvalue weighted by atomic mass is 9.76. The number of likely N-dealkylation sites (tertiary alicyclic amines) is 2. The molecular weight excluding hydrogens is 312 g/mol. The van der Waals surface area contributed by atoms with Crippen LogP contribution in [0, 0.1) is 12.3 Å². The molecule has 3 rings (SSSR count). The highest BCUT2D eigenvalue weighted by Crippen LogP contribution is 2.43. The first-order valence-electron chi connectivity index (χ1n) is 9.63. The molecule has 1 N–H and O–H groups in total. The fourth-order valence-electron chi connectivity index (χ4n) is 4.38. The maximum atomic E-state index is 12.9. The molecule has 3 heterocycles. The summed E-state index contributed by atoms with van der Waals surface area (Å²) in [5.41, 5.74) is 2.62. The molecule has 138 valence electrons. The number of hydrogen-bond acceptors (Lipinski definition) is 4. The van der Waals surface area contributed by atoms with Crippen molar-refractivity contribution < 1.29 is 4.79 Å². The smallest absolute Gasteiger partial charge is 0.237 e. The monoisotopic (exact) mass is 344 g/mol. The van der Waals surface area contributed by atoms with Crippen molar-refractivity contribution in [1.82, 2.24) is 20.1 Å². The van der Waals surface area contributed by atoms with Crippen molar-refractivity contribution in [3.63, 3.8) is 0 Å². The first-order valence-corrected chi connectivity index (χ1v) is 9.63. The van der Waals surface area contributed by atoms with Gasteiger partial charge in [-0.05, 0) is 81.9 Å². The Balaban J connectivity index is 1.64. The van der Waals surface area contributed by atoms with E-state index in [4.69, 9.17) is 0 Å². The fourth-order valence-corrected chi connectivity index (χ4v) is 4.38. The number of nitrogens with zero attached hydrogens (tertiary/aromatic N) is 3. The van der Waals surface area contributed by atoms with E-state index in [9.17, 15) is 4.79 Å². The van der Waals surface area contributed by atoms with Crippen LogP contribution in [0.4, 0.5) is 0 Å². The maximum absolute atomic E-state index is 12.9. The summed E-state index contributed by atoms with van der Waals surface area (Å²) >= 11 is 0. The summed E-state index contributed by atoms with van der Waals surface area (Å²) < 4.78 is 0. The first-order chi connectivity index (χ1) is 12.0. The average Bonchev–Trinajstić information content (AvgIpc) is 2.96. The number of carbonyl (C=O) groups excluding carboxylic acids is 1. The van der Waals surface area contributed by atoms with Crippen LogP contribution in [0.15, 0.2) is 18.5 Å². The molecule has 0 saturated carbocycles. The van der Waals surface area contributed by atoms with E-state index in [0.29, 0.717) is 12.0 Å². The molecule has 1 unspecified atom stereocenters. The molecule has 1 amide bonds. The molecule has 2 saturated heterocycles. The lowest BCUT2D eigenvalue weighted by Crippen LogP contribution is -2.43. The van der Waals surface area contributed by atoms with Crippen LogP contribution in [-0.4, -0.2) is 60.0 Å². The van der Waals surface area contributed by atoms with Crippen LogP contribution < -0.4 is 5.32 Å². The fraction of sp³-hybridized carbons (Fsp3) is 0.700. The number of aromatic nitrogens is 1. The van der Waals surface area contributed by atoms with Crippen molar-refractivity contribution in [2.75, 3.05) is 33.2 Å². The van der Waals surface area contributed by atoms with Gasteiger partial charge in [0.15, 0.2) is 0 Å². The van der Waals surface area contributed by atoms with Crippen LogP contribution in [0.1, 0.15) is 43.7 Å². The van der Waals surface area contributed by atoms with E-state index in [-0.39, 0.29) is 11.9 Å². The van der Waals surface area contributed by atoms with Crippen LogP contribution in [-0.2, 0) is 11.3 Å². The number of aryl methyl sites for hydroxylation is 1. The molecule has 2 aliphatic rings. The van der Waals surface area contributed by atoms with Gasteiger partial charge in [-0.1, -0.05) is 6.92 Å². The van der Waals surface area contributed by atoms with E-state index >= 15 is 0 Å². The summed E-state index contributed by atoms with van der Waals surface area (Å²) in [7, 11) is 2.20. The van der Waals surface area contributed by atoms with Crippen LogP contribution in [0.25, 0.3) is 0 Å². The van der Waals surface area contributed by atoms with Crippen LogP contribution in [0.5, 0.6) is 0 Å². The standard InChI is InChI=1S/C20H32N4O/c1-4-9-24-15-20(6-10-23(3)11-7-20)12-18(24)19(25)22-14-17-5-8-21-13-16(17)2/h5,8,13,18H,4,6-7,9-12,14-15H2,1-3H3,(H,22,25). The van der Waals surface area contributed by atoms with Gasteiger partial charge in [0.1, 0.15) is 0 Å². The molecule has 5 heteroatoms. The molecule has 0 aromatic carbocycles. The van der Waals surface area contributed by atoms with Gasteiger partial charge in [-0.25, -0.2) is 0 Å². The molecule has 0 radical (unpaired) electrons. The topological polar surface area (TPSA) is 48.5 Å². The summed E-state index contributed by atoms with van der Waals surface area (Å²) in [4.78, 5) is 21.9. The van der Waals surface area contributed by atoms with Gasteiger partial charge in [0.25, 0.3) is 0 Å². The second-order valence-electron chi connectivity index (χ2n) is 8.01. The lowest BCUT2D eigenvalue weighted by molar-refractivity contribution is -0.125. The van der Waals surface area contributed by atoms with E-state index in [1.807, 2.05) is 19.2 Å². The van der Waals surface area contributed by atoms with Gasteiger partial charge in [-0.2, -0.15) is 0 Å². The summed E-state index contributed by atoms with van der Waals surface area (Å²) in [6, 6.07) is 2.03. The molecule has 0 aliphatic carbocycles. The molecule has 1 spiro atoms. The highest BCUT2D eigenvalue weighted by atomic mass is 16.2. The molecule has 5 nitrogen and oxygen atoms in total. The van der Waals surface area contributed by atoms with E-state index in [2.05, 4.69) is 34.1 Å². The SMILES string of the molecule is CCCN1CC2(CCN(C)CC2)CC1C(=O)NCc1ccncc1C. The second kappa shape index (κ2) is 7.83. The van der Waals surface area contributed by atoms with Gasteiger partial charge in [-0.15, -0.1) is 0 Å². The third kappa shape index (κ3) is 4.21. The van der Waals surface area contributed by atoms with E-state index in [0.717, 1.165) is 50.1 Å². The Hall–Kier alpha value is -1.46. The second-order valence-corrected chi connectivity index (χ2v) is 8.01. The van der Waals surface area contributed by atoms with Crippen LogP contribution in [0.2, 0.25) is 0 Å². The van der Waals surface area contributed by atoms with Crippen molar-refractivity contribution in [1.29, 1.82) is 0 Å². The van der Waals surface area contributed by atoms with Gasteiger partial charge in [-0.3, -0.25) is 14.7 Å². The Morgan fingerprint density at radius 1 is 1.40 bits per heavy atom. The van der Waals surface area contributed by atoms with Crippen LogP contribution in [0.3, 0.4) is 0 Å². The average molecular weight is 345 g/mol.